The van der Waals surface area contributed by atoms with E-state index in [1.165, 1.54) is 7.11 Å². The molecular formula is C17H17NO2. The molecule has 0 saturated carbocycles. The zero-order chi connectivity index (χ0) is 14.2. The Morgan fingerprint density at radius 3 is 2.25 bits per heavy atom. The van der Waals surface area contributed by atoms with Crippen LogP contribution in [-0.4, -0.2) is 13.2 Å². The average Bonchev–Trinajstić information content (AvgIpc) is 2.53. The molecule has 0 saturated heterocycles. The highest BCUT2D eigenvalue weighted by Gasteiger charge is 2.10. The van der Waals surface area contributed by atoms with Gasteiger partial charge in [-0.1, -0.05) is 72.8 Å². The lowest BCUT2D eigenvalue weighted by atomic mass is 10.1. The maximum atomic E-state index is 11.4. The molecule has 0 heterocycles. The van der Waals surface area contributed by atoms with Gasteiger partial charge >= 0.3 is 6.09 Å². The third kappa shape index (κ3) is 3.99. The number of alkyl carbamates (subject to hydrolysis) is 1. The van der Waals surface area contributed by atoms with E-state index < -0.39 is 6.09 Å². The van der Waals surface area contributed by atoms with Crippen LogP contribution in [0, 0.1) is 0 Å². The summed E-state index contributed by atoms with van der Waals surface area (Å²) in [5.74, 6) is 0. The van der Waals surface area contributed by atoms with Crippen molar-refractivity contribution < 1.29 is 9.53 Å². The second kappa shape index (κ2) is 7.14. The molecule has 0 aliphatic heterocycles. The van der Waals surface area contributed by atoms with Gasteiger partial charge in [0.15, 0.2) is 0 Å². The Morgan fingerprint density at radius 2 is 1.65 bits per heavy atom. The topological polar surface area (TPSA) is 38.3 Å². The molecule has 0 radical (unpaired) electrons. The molecule has 1 N–H and O–H groups in total. The van der Waals surface area contributed by atoms with Crippen LogP contribution >= 0.6 is 0 Å². The normalized spacial score (nSPS) is 12.1. The Balaban J connectivity index is 2.19. The van der Waals surface area contributed by atoms with Gasteiger partial charge in [0.1, 0.15) is 0 Å². The fourth-order valence-corrected chi connectivity index (χ4v) is 1.86. The van der Waals surface area contributed by atoms with Crippen molar-refractivity contribution in [1.82, 2.24) is 5.32 Å². The molecule has 0 aromatic heterocycles. The summed E-state index contributed by atoms with van der Waals surface area (Å²) in [5, 5.41) is 2.81. The van der Waals surface area contributed by atoms with Crippen LogP contribution in [0.1, 0.15) is 17.2 Å². The Labute approximate surface area is 118 Å². The summed E-state index contributed by atoms with van der Waals surface area (Å²) in [5.41, 5.74) is 2.09. The van der Waals surface area contributed by atoms with Crippen molar-refractivity contribution in [2.45, 2.75) is 6.04 Å². The van der Waals surface area contributed by atoms with Crippen LogP contribution in [0.15, 0.2) is 66.7 Å². The molecule has 0 bridgehead atoms. The van der Waals surface area contributed by atoms with E-state index in [4.69, 9.17) is 0 Å². The molecule has 2 aromatic rings. The standard InChI is InChI=1S/C17H17NO2/c1-20-17(19)18-16(15-10-6-3-7-11-15)13-12-14-8-4-2-5-9-14/h2-13,16H,1H3,(H,18,19)/b13-12+. The number of rotatable bonds is 4. The molecule has 1 unspecified atom stereocenters. The highest BCUT2D eigenvalue weighted by molar-refractivity contribution is 5.68. The van der Waals surface area contributed by atoms with Gasteiger partial charge in [0, 0.05) is 0 Å². The monoisotopic (exact) mass is 267 g/mol. The van der Waals surface area contributed by atoms with Crippen LogP contribution in [0.3, 0.4) is 0 Å². The van der Waals surface area contributed by atoms with Gasteiger partial charge in [0.2, 0.25) is 0 Å². The smallest absolute Gasteiger partial charge is 0.407 e. The van der Waals surface area contributed by atoms with E-state index in [9.17, 15) is 4.79 Å². The van der Waals surface area contributed by atoms with Crippen LogP contribution in [0.5, 0.6) is 0 Å². The minimum Gasteiger partial charge on any atom is -0.453 e. The lowest BCUT2D eigenvalue weighted by Crippen LogP contribution is -2.26. The quantitative estimate of drug-likeness (QED) is 0.915. The number of ether oxygens (including phenoxy) is 1. The average molecular weight is 267 g/mol. The maximum absolute atomic E-state index is 11.4. The molecule has 0 aliphatic carbocycles. The largest absolute Gasteiger partial charge is 0.453 e. The summed E-state index contributed by atoms with van der Waals surface area (Å²) in [7, 11) is 1.36. The van der Waals surface area contributed by atoms with Crippen molar-refractivity contribution in [1.29, 1.82) is 0 Å². The molecule has 3 heteroatoms. The first-order valence-electron chi connectivity index (χ1n) is 6.42. The molecule has 20 heavy (non-hydrogen) atoms. The molecule has 2 rings (SSSR count). The predicted octanol–water partition coefficient (Wildman–Crippen LogP) is 3.80. The number of hydrogen-bond acceptors (Lipinski definition) is 2. The third-order valence-corrected chi connectivity index (χ3v) is 2.90. The van der Waals surface area contributed by atoms with Gasteiger partial charge in [0.25, 0.3) is 0 Å². The van der Waals surface area contributed by atoms with E-state index in [0.717, 1.165) is 11.1 Å². The molecule has 0 aliphatic rings. The van der Waals surface area contributed by atoms with Crippen LogP contribution in [0.2, 0.25) is 0 Å². The van der Waals surface area contributed by atoms with Crippen molar-refractivity contribution in [2.75, 3.05) is 7.11 Å². The number of carbonyl (C=O) groups is 1. The molecule has 102 valence electrons. The van der Waals surface area contributed by atoms with Crippen molar-refractivity contribution in [2.24, 2.45) is 0 Å². The summed E-state index contributed by atoms with van der Waals surface area (Å²) >= 11 is 0. The Bertz CT molecular complexity index is 564. The van der Waals surface area contributed by atoms with Gasteiger partial charge in [-0.15, -0.1) is 0 Å². The van der Waals surface area contributed by atoms with Crippen LogP contribution in [0.25, 0.3) is 6.08 Å². The molecule has 1 atom stereocenters. The van der Waals surface area contributed by atoms with Crippen molar-refractivity contribution in [3.63, 3.8) is 0 Å². The van der Waals surface area contributed by atoms with Gasteiger partial charge in [-0.2, -0.15) is 0 Å². The number of carbonyl (C=O) groups excluding carboxylic acids is 1. The molecule has 0 spiro atoms. The van der Waals surface area contributed by atoms with Gasteiger partial charge in [-0.05, 0) is 11.1 Å². The minimum atomic E-state index is -0.448. The number of nitrogens with one attached hydrogen (secondary N) is 1. The molecule has 1 amide bonds. The summed E-state index contributed by atoms with van der Waals surface area (Å²) in [6.45, 7) is 0. The maximum Gasteiger partial charge on any atom is 0.407 e. The summed E-state index contributed by atoms with van der Waals surface area (Å²) in [6, 6.07) is 19.5. The summed E-state index contributed by atoms with van der Waals surface area (Å²) in [6.07, 6.45) is 3.48. The molecule has 0 fully saturated rings. The number of hydrogen-bond donors (Lipinski definition) is 1. The fraction of sp³-hybridized carbons (Fsp3) is 0.118. The van der Waals surface area contributed by atoms with E-state index in [0.29, 0.717) is 0 Å². The molecular weight excluding hydrogens is 250 g/mol. The SMILES string of the molecule is COC(=O)NC(/C=C/c1ccccc1)c1ccccc1. The van der Waals surface area contributed by atoms with Crippen LogP contribution < -0.4 is 5.32 Å². The lowest BCUT2D eigenvalue weighted by Gasteiger charge is -2.14. The van der Waals surface area contributed by atoms with E-state index in [-0.39, 0.29) is 6.04 Å². The van der Waals surface area contributed by atoms with Crippen LogP contribution in [0.4, 0.5) is 4.79 Å². The molecule has 3 nitrogen and oxygen atoms in total. The van der Waals surface area contributed by atoms with Crippen LogP contribution in [-0.2, 0) is 4.74 Å². The van der Waals surface area contributed by atoms with E-state index in [2.05, 4.69) is 10.1 Å². The summed E-state index contributed by atoms with van der Waals surface area (Å²) in [4.78, 5) is 11.4. The van der Waals surface area contributed by atoms with E-state index >= 15 is 0 Å². The number of methoxy groups -OCH3 is 1. The zero-order valence-corrected chi connectivity index (χ0v) is 11.3. The Hall–Kier alpha value is -2.55. The van der Waals surface area contributed by atoms with Gasteiger partial charge in [0.05, 0.1) is 13.2 Å². The fourth-order valence-electron chi connectivity index (χ4n) is 1.86. The second-order valence-electron chi connectivity index (χ2n) is 4.29. The van der Waals surface area contributed by atoms with Crippen molar-refractivity contribution in [3.8, 4) is 0 Å². The van der Waals surface area contributed by atoms with Gasteiger partial charge < -0.3 is 10.1 Å². The summed E-state index contributed by atoms with van der Waals surface area (Å²) < 4.78 is 4.67. The van der Waals surface area contributed by atoms with Crippen molar-refractivity contribution >= 4 is 12.2 Å². The second-order valence-corrected chi connectivity index (χ2v) is 4.29. The van der Waals surface area contributed by atoms with Gasteiger partial charge in [-0.3, -0.25) is 0 Å². The minimum absolute atomic E-state index is 0.219. The Kier molecular flexibility index (Phi) is 4.95. The van der Waals surface area contributed by atoms with E-state index in [1.807, 2.05) is 72.8 Å². The van der Waals surface area contributed by atoms with Crippen molar-refractivity contribution in [3.05, 3.63) is 77.9 Å². The first-order chi connectivity index (χ1) is 9.79. The first kappa shape index (κ1) is 13.9. The Morgan fingerprint density at radius 1 is 1.05 bits per heavy atom. The third-order valence-electron chi connectivity index (χ3n) is 2.90. The highest BCUT2D eigenvalue weighted by Crippen LogP contribution is 2.16. The van der Waals surface area contributed by atoms with E-state index in [1.54, 1.807) is 0 Å². The first-order valence-corrected chi connectivity index (χ1v) is 6.42. The number of amides is 1. The molecule has 2 aromatic carbocycles. The van der Waals surface area contributed by atoms with Gasteiger partial charge in [-0.25, -0.2) is 4.79 Å². The highest BCUT2D eigenvalue weighted by atomic mass is 16.5. The zero-order valence-electron chi connectivity index (χ0n) is 11.3. The number of benzene rings is 2. The predicted molar refractivity (Wildman–Crippen MR) is 80.2 cm³/mol. The lowest BCUT2D eigenvalue weighted by molar-refractivity contribution is 0.168.